The average Bonchev–Trinajstić information content (AvgIpc) is 2.33. The lowest BCUT2D eigenvalue weighted by atomic mass is 9.63. The predicted molar refractivity (Wildman–Crippen MR) is 88.0 cm³/mol. The van der Waals surface area contributed by atoms with Crippen LogP contribution in [0.3, 0.4) is 0 Å². The zero-order valence-electron chi connectivity index (χ0n) is 14.5. The van der Waals surface area contributed by atoms with E-state index in [0.29, 0.717) is 10.8 Å². The summed E-state index contributed by atoms with van der Waals surface area (Å²) in [5.41, 5.74) is 1.05. The first-order valence-corrected chi connectivity index (χ1v) is 8.70. The van der Waals surface area contributed by atoms with Crippen molar-refractivity contribution in [3.05, 3.63) is 0 Å². The van der Waals surface area contributed by atoms with Gasteiger partial charge in [0.1, 0.15) is 0 Å². The fraction of sp³-hybridized carbons (Fsp3) is 1.00. The molecule has 1 N–H and O–H groups in total. The van der Waals surface area contributed by atoms with Crippen LogP contribution in [0.4, 0.5) is 0 Å². The van der Waals surface area contributed by atoms with Gasteiger partial charge in [-0.05, 0) is 82.0 Å². The minimum atomic E-state index is 0.523. The van der Waals surface area contributed by atoms with E-state index in [2.05, 4.69) is 45.0 Å². The van der Waals surface area contributed by atoms with Crippen LogP contribution in [0.25, 0.3) is 0 Å². The third-order valence-corrected chi connectivity index (χ3v) is 5.50. The Morgan fingerprint density at radius 2 is 1.55 bits per heavy atom. The quantitative estimate of drug-likeness (QED) is 0.840. The van der Waals surface area contributed by atoms with Gasteiger partial charge >= 0.3 is 0 Å². The summed E-state index contributed by atoms with van der Waals surface area (Å²) in [6.45, 7) is 13.8. The molecule has 2 heteroatoms. The maximum atomic E-state index is 3.30. The molecule has 2 rings (SSSR count). The highest BCUT2D eigenvalue weighted by molar-refractivity contribution is 4.94. The second-order valence-electron chi connectivity index (χ2n) is 8.94. The van der Waals surface area contributed by atoms with Crippen LogP contribution in [-0.4, -0.2) is 37.6 Å². The Kier molecular flexibility index (Phi) is 5.18. The van der Waals surface area contributed by atoms with E-state index in [1.165, 1.54) is 58.2 Å². The molecule has 0 bridgehead atoms. The van der Waals surface area contributed by atoms with Crippen LogP contribution >= 0.6 is 0 Å². The molecule has 2 nitrogen and oxygen atoms in total. The first kappa shape index (κ1) is 16.3. The van der Waals surface area contributed by atoms with Crippen LogP contribution in [0.5, 0.6) is 0 Å². The predicted octanol–water partition coefficient (Wildman–Crippen LogP) is 3.91. The molecule has 1 saturated carbocycles. The molecular weight excluding hydrogens is 244 g/mol. The van der Waals surface area contributed by atoms with Crippen molar-refractivity contribution >= 4 is 0 Å². The minimum Gasteiger partial charge on any atom is -0.320 e. The Labute approximate surface area is 126 Å². The zero-order chi connectivity index (χ0) is 14.8. The fourth-order valence-electron chi connectivity index (χ4n) is 5.00. The topological polar surface area (TPSA) is 15.3 Å². The second kappa shape index (κ2) is 6.36. The van der Waals surface area contributed by atoms with Gasteiger partial charge in [0.2, 0.25) is 0 Å². The lowest BCUT2D eigenvalue weighted by Gasteiger charge is -2.50. The summed E-state index contributed by atoms with van der Waals surface area (Å²) in [5, 5.41) is 3.30. The molecule has 1 aliphatic carbocycles. The number of nitrogens with one attached hydrogen (secondary N) is 1. The summed E-state index contributed by atoms with van der Waals surface area (Å²) >= 11 is 0. The van der Waals surface area contributed by atoms with E-state index in [1.54, 1.807) is 0 Å². The van der Waals surface area contributed by atoms with Gasteiger partial charge in [-0.25, -0.2) is 0 Å². The Morgan fingerprint density at radius 1 is 1.00 bits per heavy atom. The molecular formula is C18H36N2. The highest BCUT2D eigenvalue weighted by Gasteiger charge is 2.41. The van der Waals surface area contributed by atoms with Crippen LogP contribution in [-0.2, 0) is 0 Å². The number of nitrogens with zero attached hydrogens (tertiary/aromatic N) is 1. The van der Waals surface area contributed by atoms with Gasteiger partial charge in [0, 0.05) is 6.04 Å². The van der Waals surface area contributed by atoms with E-state index in [4.69, 9.17) is 0 Å². The molecule has 2 aliphatic rings. The maximum Gasteiger partial charge on any atom is 0.0105 e. The Balaban J connectivity index is 1.86. The first-order chi connectivity index (χ1) is 9.31. The maximum absolute atomic E-state index is 3.30. The third-order valence-electron chi connectivity index (χ3n) is 5.50. The van der Waals surface area contributed by atoms with E-state index in [-0.39, 0.29) is 0 Å². The van der Waals surface area contributed by atoms with Gasteiger partial charge in [-0.1, -0.05) is 27.7 Å². The van der Waals surface area contributed by atoms with Crippen molar-refractivity contribution in [2.24, 2.45) is 16.7 Å². The third kappa shape index (κ3) is 4.46. The molecule has 0 aromatic carbocycles. The largest absolute Gasteiger partial charge is 0.320 e. The summed E-state index contributed by atoms with van der Waals surface area (Å²) < 4.78 is 0. The van der Waals surface area contributed by atoms with Crippen molar-refractivity contribution in [3.63, 3.8) is 0 Å². The lowest BCUT2D eigenvalue weighted by Crippen LogP contribution is -2.49. The van der Waals surface area contributed by atoms with Crippen molar-refractivity contribution in [3.8, 4) is 0 Å². The zero-order valence-corrected chi connectivity index (χ0v) is 14.5. The smallest absolute Gasteiger partial charge is 0.0105 e. The van der Waals surface area contributed by atoms with Gasteiger partial charge in [-0.2, -0.15) is 0 Å². The number of hydrogen-bond donors (Lipinski definition) is 1. The van der Waals surface area contributed by atoms with Gasteiger partial charge in [-0.15, -0.1) is 0 Å². The Hall–Kier alpha value is -0.0800. The van der Waals surface area contributed by atoms with Gasteiger partial charge in [0.15, 0.2) is 0 Å². The summed E-state index contributed by atoms with van der Waals surface area (Å²) in [6, 6.07) is 0.832. The van der Waals surface area contributed by atoms with E-state index in [9.17, 15) is 0 Å². The molecule has 118 valence electrons. The van der Waals surface area contributed by atoms with Crippen LogP contribution in [0.2, 0.25) is 0 Å². The Bertz CT molecular complexity index is 285. The molecule has 0 aromatic rings. The monoisotopic (exact) mass is 280 g/mol. The van der Waals surface area contributed by atoms with Crippen LogP contribution < -0.4 is 5.32 Å². The lowest BCUT2D eigenvalue weighted by molar-refractivity contribution is 0.00918. The second-order valence-corrected chi connectivity index (χ2v) is 8.94. The molecule has 0 aromatic heterocycles. The molecule has 1 saturated heterocycles. The highest BCUT2D eigenvalue weighted by Crippen LogP contribution is 2.47. The number of piperidine rings is 1. The number of hydrogen-bond acceptors (Lipinski definition) is 2. The van der Waals surface area contributed by atoms with Crippen LogP contribution in [0.1, 0.15) is 66.2 Å². The van der Waals surface area contributed by atoms with E-state index < -0.39 is 0 Å². The van der Waals surface area contributed by atoms with Gasteiger partial charge in [0.25, 0.3) is 0 Å². The standard InChI is InChI=1S/C18H36N2/c1-17(2)12-16(13-18(3,4)14-17)20-10-7-15(8-11-20)6-9-19-5/h15-16,19H,6-14H2,1-5H3. The molecule has 0 amide bonds. The van der Waals surface area contributed by atoms with Gasteiger partial charge < -0.3 is 10.2 Å². The van der Waals surface area contributed by atoms with E-state index >= 15 is 0 Å². The van der Waals surface area contributed by atoms with Gasteiger partial charge in [0.05, 0.1) is 0 Å². The normalized spacial score (nSPS) is 28.6. The molecule has 0 radical (unpaired) electrons. The molecule has 20 heavy (non-hydrogen) atoms. The molecule has 1 aliphatic heterocycles. The van der Waals surface area contributed by atoms with Crippen LogP contribution in [0, 0.1) is 16.7 Å². The fourth-order valence-corrected chi connectivity index (χ4v) is 5.00. The first-order valence-electron chi connectivity index (χ1n) is 8.70. The van der Waals surface area contributed by atoms with E-state index in [1.807, 2.05) is 0 Å². The van der Waals surface area contributed by atoms with Gasteiger partial charge in [-0.3, -0.25) is 0 Å². The van der Waals surface area contributed by atoms with Crippen molar-refractivity contribution in [1.82, 2.24) is 10.2 Å². The average molecular weight is 280 g/mol. The SMILES string of the molecule is CNCCC1CCN(C2CC(C)(C)CC(C)(C)C2)CC1. The summed E-state index contributed by atoms with van der Waals surface area (Å²) in [5.74, 6) is 0.961. The minimum absolute atomic E-state index is 0.523. The molecule has 0 atom stereocenters. The van der Waals surface area contributed by atoms with E-state index in [0.717, 1.165) is 12.0 Å². The van der Waals surface area contributed by atoms with Crippen molar-refractivity contribution in [2.45, 2.75) is 72.3 Å². The van der Waals surface area contributed by atoms with Crippen molar-refractivity contribution in [1.29, 1.82) is 0 Å². The number of rotatable bonds is 4. The number of likely N-dealkylation sites (tertiary alicyclic amines) is 1. The summed E-state index contributed by atoms with van der Waals surface area (Å²) in [7, 11) is 2.07. The van der Waals surface area contributed by atoms with Crippen molar-refractivity contribution < 1.29 is 0 Å². The summed E-state index contributed by atoms with van der Waals surface area (Å²) in [4.78, 5) is 2.82. The molecule has 0 spiro atoms. The summed E-state index contributed by atoms with van der Waals surface area (Å²) in [6.07, 6.45) is 8.38. The molecule has 0 unspecified atom stereocenters. The van der Waals surface area contributed by atoms with Crippen LogP contribution in [0.15, 0.2) is 0 Å². The Morgan fingerprint density at radius 3 is 2.05 bits per heavy atom. The molecule has 1 heterocycles. The highest BCUT2D eigenvalue weighted by atomic mass is 15.2. The molecule has 2 fully saturated rings. The van der Waals surface area contributed by atoms with Crippen molar-refractivity contribution in [2.75, 3.05) is 26.7 Å².